The molecular formula is C31H26Cl2N2O2. The smallest absolute Gasteiger partial charge is 0.242 e. The number of fused-ring (bicyclic) bond motifs is 3. The molecule has 0 saturated heterocycles. The van der Waals surface area contributed by atoms with Crippen LogP contribution in [0.1, 0.15) is 36.1 Å². The van der Waals surface area contributed by atoms with Gasteiger partial charge >= 0.3 is 0 Å². The van der Waals surface area contributed by atoms with Crippen LogP contribution in [0.5, 0.6) is 0 Å². The summed E-state index contributed by atoms with van der Waals surface area (Å²) in [6.07, 6.45) is 0. The Hall–Kier alpha value is -3.60. The number of anilines is 2. The van der Waals surface area contributed by atoms with Crippen LogP contribution in [0, 0.1) is 0 Å². The van der Waals surface area contributed by atoms with Crippen molar-refractivity contribution < 1.29 is 9.59 Å². The minimum Gasteiger partial charge on any atom is -0.325 e. The molecule has 1 aliphatic rings. The summed E-state index contributed by atoms with van der Waals surface area (Å²) >= 11 is 11.9. The first-order valence-electron chi connectivity index (χ1n) is 12.1. The van der Waals surface area contributed by atoms with Gasteiger partial charge in [0, 0.05) is 11.4 Å². The van der Waals surface area contributed by atoms with E-state index >= 15 is 0 Å². The minimum atomic E-state index is -0.625. The highest BCUT2D eigenvalue weighted by Gasteiger charge is 2.45. The van der Waals surface area contributed by atoms with Crippen molar-refractivity contribution in [2.45, 2.75) is 30.0 Å². The maximum absolute atomic E-state index is 12.1. The van der Waals surface area contributed by atoms with Crippen LogP contribution >= 0.6 is 23.2 Å². The molecule has 37 heavy (non-hydrogen) atoms. The summed E-state index contributed by atoms with van der Waals surface area (Å²) < 4.78 is 0. The molecule has 186 valence electrons. The topological polar surface area (TPSA) is 58.2 Å². The van der Waals surface area contributed by atoms with E-state index in [1.165, 1.54) is 22.3 Å². The summed E-state index contributed by atoms with van der Waals surface area (Å²) in [5, 5.41) is 4.48. The second-order valence-electron chi connectivity index (χ2n) is 9.21. The van der Waals surface area contributed by atoms with Gasteiger partial charge in [-0.1, -0.05) is 72.8 Å². The Morgan fingerprint density at radius 3 is 1.30 bits per heavy atom. The highest BCUT2D eigenvalue weighted by molar-refractivity contribution is 6.32. The Morgan fingerprint density at radius 2 is 0.946 bits per heavy atom. The van der Waals surface area contributed by atoms with Gasteiger partial charge < -0.3 is 10.6 Å². The van der Waals surface area contributed by atoms with Gasteiger partial charge in [0.2, 0.25) is 11.8 Å². The lowest BCUT2D eigenvalue weighted by Gasteiger charge is -2.34. The lowest BCUT2D eigenvalue weighted by atomic mass is 9.67. The van der Waals surface area contributed by atoms with Gasteiger partial charge in [-0.25, -0.2) is 0 Å². The van der Waals surface area contributed by atoms with Gasteiger partial charge in [0.05, 0.1) is 5.41 Å². The number of carbonyl (C=O) groups is 2. The van der Waals surface area contributed by atoms with E-state index in [-0.39, 0.29) is 11.8 Å². The maximum Gasteiger partial charge on any atom is 0.242 e. The van der Waals surface area contributed by atoms with Crippen molar-refractivity contribution in [2.75, 3.05) is 10.6 Å². The van der Waals surface area contributed by atoms with Gasteiger partial charge in [-0.15, -0.1) is 23.2 Å². The summed E-state index contributed by atoms with van der Waals surface area (Å²) in [6.45, 7) is 3.29. The van der Waals surface area contributed by atoms with Gasteiger partial charge in [0.1, 0.15) is 10.8 Å². The average molecular weight is 529 g/mol. The molecule has 0 bridgehead atoms. The molecule has 4 aromatic carbocycles. The zero-order chi connectivity index (χ0) is 26.2. The average Bonchev–Trinajstić information content (AvgIpc) is 3.21. The van der Waals surface area contributed by atoms with E-state index in [0.717, 1.165) is 11.1 Å². The molecule has 0 aliphatic heterocycles. The molecule has 4 nitrogen and oxygen atoms in total. The summed E-state index contributed by atoms with van der Waals surface area (Å²) in [5.74, 6) is -0.492. The number of amides is 2. The van der Waals surface area contributed by atoms with E-state index in [1.807, 2.05) is 24.3 Å². The predicted octanol–water partition coefficient (Wildman–Crippen LogP) is 7.18. The molecule has 2 N–H and O–H groups in total. The van der Waals surface area contributed by atoms with Crippen LogP contribution < -0.4 is 10.6 Å². The Kier molecular flexibility index (Phi) is 6.80. The number of carbonyl (C=O) groups excluding carboxylic acids is 2. The van der Waals surface area contributed by atoms with Crippen LogP contribution in [-0.4, -0.2) is 22.6 Å². The van der Waals surface area contributed by atoms with E-state index in [4.69, 9.17) is 23.2 Å². The van der Waals surface area contributed by atoms with Crippen molar-refractivity contribution >= 4 is 46.4 Å². The van der Waals surface area contributed by atoms with Gasteiger partial charge in [0.15, 0.2) is 0 Å². The standard InChI is InChI=1S/C31H26Cl2N2O2/c1-19(32)29(36)34-23-15-11-21(12-16-23)31(22-13-17-24(18-14-22)35-30(37)20(2)33)27-9-5-3-7-25(27)26-8-4-6-10-28(26)31/h3-20H,1-2H3,(H,34,36)(H,35,37)/t19-,20-/m1/s1. The van der Waals surface area contributed by atoms with Crippen LogP contribution in [0.3, 0.4) is 0 Å². The van der Waals surface area contributed by atoms with Gasteiger partial charge in [-0.3, -0.25) is 9.59 Å². The second kappa shape index (κ2) is 10.0. The van der Waals surface area contributed by atoms with Crippen LogP contribution in [0.2, 0.25) is 0 Å². The molecule has 0 unspecified atom stereocenters. The second-order valence-corrected chi connectivity index (χ2v) is 10.5. The highest BCUT2D eigenvalue weighted by Crippen LogP contribution is 2.56. The fraction of sp³-hybridized carbons (Fsp3) is 0.161. The molecular weight excluding hydrogens is 503 g/mol. The fourth-order valence-corrected chi connectivity index (χ4v) is 5.22. The molecule has 0 spiro atoms. The molecule has 0 heterocycles. The van der Waals surface area contributed by atoms with Crippen molar-refractivity contribution in [3.63, 3.8) is 0 Å². The number of benzene rings is 4. The molecule has 0 saturated carbocycles. The third-order valence-electron chi connectivity index (χ3n) is 6.85. The van der Waals surface area contributed by atoms with E-state index < -0.39 is 16.2 Å². The summed E-state index contributed by atoms with van der Waals surface area (Å²) in [5.41, 5.74) is 7.62. The molecule has 5 rings (SSSR count). The summed E-state index contributed by atoms with van der Waals surface area (Å²) in [6, 6.07) is 32.8. The third kappa shape index (κ3) is 4.41. The largest absolute Gasteiger partial charge is 0.325 e. The molecule has 1 aliphatic carbocycles. The molecule has 4 aromatic rings. The number of alkyl halides is 2. The molecule has 0 radical (unpaired) electrons. The molecule has 2 atom stereocenters. The lowest BCUT2D eigenvalue weighted by Crippen LogP contribution is -2.29. The minimum absolute atomic E-state index is 0.246. The van der Waals surface area contributed by atoms with E-state index in [0.29, 0.717) is 11.4 Å². The Labute approximate surface area is 226 Å². The normalized spacial score (nSPS) is 14.7. The van der Waals surface area contributed by atoms with Crippen molar-refractivity contribution in [2.24, 2.45) is 0 Å². The van der Waals surface area contributed by atoms with Crippen LogP contribution in [0.4, 0.5) is 11.4 Å². The van der Waals surface area contributed by atoms with E-state index in [1.54, 1.807) is 13.8 Å². The first-order valence-corrected chi connectivity index (χ1v) is 13.0. The van der Waals surface area contributed by atoms with Crippen LogP contribution in [0.25, 0.3) is 11.1 Å². The Morgan fingerprint density at radius 1 is 0.595 bits per heavy atom. The van der Waals surface area contributed by atoms with Crippen LogP contribution in [-0.2, 0) is 15.0 Å². The zero-order valence-corrected chi connectivity index (χ0v) is 22.0. The Bertz CT molecular complexity index is 1350. The first-order chi connectivity index (χ1) is 17.8. The Balaban J connectivity index is 1.68. The zero-order valence-electron chi connectivity index (χ0n) is 20.5. The SMILES string of the molecule is C[C@@H](Cl)C(=O)Nc1ccc(C2(c3ccc(NC(=O)[C@@H](C)Cl)cc3)c3ccccc3-c3ccccc32)cc1. The van der Waals surface area contributed by atoms with Crippen molar-refractivity contribution in [3.8, 4) is 11.1 Å². The molecule has 0 fully saturated rings. The number of nitrogens with one attached hydrogen (secondary N) is 2. The quantitative estimate of drug-likeness (QED) is 0.229. The van der Waals surface area contributed by atoms with Crippen molar-refractivity contribution in [1.29, 1.82) is 0 Å². The first kappa shape index (κ1) is 25.1. The maximum atomic E-state index is 12.1. The third-order valence-corrected chi connectivity index (χ3v) is 7.24. The lowest BCUT2D eigenvalue weighted by molar-refractivity contribution is -0.116. The predicted molar refractivity (Wildman–Crippen MR) is 152 cm³/mol. The number of hydrogen-bond donors (Lipinski definition) is 2. The summed E-state index contributed by atoms with van der Waals surface area (Å²) in [4.78, 5) is 24.3. The monoisotopic (exact) mass is 528 g/mol. The van der Waals surface area contributed by atoms with E-state index in [2.05, 4.69) is 83.4 Å². The van der Waals surface area contributed by atoms with Gasteiger partial charge in [0.25, 0.3) is 0 Å². The van der Waals surface area contributed by atoms with Crippen molar-refractivity contribution in [1.82, 2.24) is 0 Å². The molecule has 2 amide bonds. The number of hydrogen-bond acceptors (Lipinski definition) is 2. The fourth-order valence-electron chi connectivity index (χ4n) is 5.11. The summed E-state index contributed by atoms with van der Waals surface area (Å²) in [7, 11) is 0. The highest BCUT2D eigenvalue weighted by atomic mass is 35.5. The molecule has 6 heteroatoms. The van der Waals surface area contributed by atoms with Crippen LogP contribution in [0.15, 0.2) is 97.1 Å². The molecule has 0 aromatic heterocycles. The van der Waals surface area contributed by atoms with Gasteiger partial charge in [-0.05, 0) is 71.5 Å². The number of halogens is 2. The van der Waals surface area contributed by atoms with Gasteiger partial charge in [-0.2, -0.15) is 0 Å². The van der Waals surface area contributed by atoms with E-state index in [9.17, 15) is 9.59 Å². The van der Waals surface area contributed by atoms with Crippen molar-refractivity contribution in [3.05, 3.63) is 119 Å². The number of rotatable bonds is 6.